The number of aromatic hydroxyl groups is 1. The number of phenols is 1. The highest BCUT2D eigenvalue weighted by Gasteiger charge is 2.64. The van der Waals surface area contributed by atoms with Crippen LogP contribution in [0.15, 0.2) is 42.5 Å². The molecule has 166 valence electrons. The molecule has 0 saturated carbocycles. The summed E-state index contributed by atoms with van der Waals surface area (Å²) in [5.41, 5.74) is 3.20. The zero-order valence-electron chi connectivity index (χ0n) is 17.6. The number of pyridine rings is 1. The fourth-order valence-corrected chi connectivity index (χ4v) is 6.37. The number of fused-ring (bicyclic) bond motifs is 3. The third kappa shape index (κ3) is 2.65. The number of non-ortho nitro benzene ring substituents is 1. The average molecular weight is 454 g/mol. The van der Waals surface area contributed by atoms with Crippen LogP contribution >= 0.6 is 12.4 Å². The summed E-state index contributed by atoms with van der Waals surface area (Å²) in [4.78, 5) is 17.9. The number of nitrogens with zero attached hydrogens (tertiary/aromatic N) is 3. The molecule has 3 atom stereocenters. The van der Waals surface area contributed by atoms with Gasteiger partial charge in [-0.25, -0.2) is 0 Å². The molecule has 8 heteroatoms. The highest BCUT2D eigenvalue weighted by atomic mass is 35.5. The van der Waals surface area contributed by atoms with Crippen molar-refractivity contribution in [2.75, 3.05) is 13.6 Å². The summed E-state index contributed by atoms with van der Waals surface area (Å²) in [6, 6.07) is 12.3. The first kappa shape index (κ1) is 21.1. The van der Waals surface area contributed by atoms with Crippen molar-refractivity contribution < 1.29 is 15.1 Å². The highest BCUT2D eigenvalue weighted by molar-refractivity contribution is 5.85. The van der Waals surface area contributed by atoms with Gasteiger partial charge in [0, 0.05) is 47.5 Å². The molecule has 1 aromatic heterocycles. The van der Waals surface area contributed by atoms with E-state index in [2.05, 4.69) is 11.9 Å². The number of likely N-dealkylation sites (N-methyl/N-ethyl adjacent to an activating group) is 1. The first-order valence-electron chi connectivity index (χ1n) is 10.6. The van der Waals surface area contributed by atoms with Crippen LogP contribution in [-0.4, -0.2) is 50.3 Å². The first-order valence-corrected chi connectivity index (χ1v) is 10.6. The van der Waals surface area contributed by atoms with Gasteiger partial charge in [-0.15, -0.1) is 12.4 Å². The summed E-state index contributed by atoms with van der Waals surface area (Å²) in [7, 11) is 2.07. The van der Waals surface area contributed by atoms with Crippen molar-refractivity contribution >= 4 is 29.0 Å². The Morgan fingerprint density at radius 1 is 1.16 bits per heavy atom. The summed E-state index contributed by atoms with van der Waals surface area (Å²) in [5, 5.41) is 34.6. The number of hydrogen-bond acceptors (Lipinski definition) is 6. The van der Waals surface area contributed by atoms with Crippen LogP contribution in [0, 0.1) is 10.1 Å². The maximum atomic E-state index is 12.3. The van der Waals surface area contributed by atoms with Crippen LogP contribution in [0.2, 0.25) is 0 Å². The number of piperidine rings is 1. The van der Waals surface area contributed by atoms with Crippen LogP contribution in [0.1, 0.15) is 28.8 Å². The number of aliphatic hydroxyl groups is 1. The van der Waals surface area contributed by atoms with E-state index >= 15 is 0 Å². The van der Waals surface area contributed by atoms with Gasteiger partial charge in [0.2, 0.25) is 0 Å². The van der Waals surface area contributed by atoms with Crippen LogP contribution in [0.3, 0.4) is 0 Å². The molecule has 2 bridgehead atoms. The molecule has 0 amide bonds. The van der Waals surface area contributed by atoms with Gasteiger partial charge in [-0.3, -0.25) is 15.1 Å². The van der Waals surface area contributed by atoms with Gasteiger partial charge in [-0.05, 0) is 67.4 Å². The maximum Gasteiger partial charge on any atom is 0.271 e. The third-order valence-electron chi connectivity index (χ3n) is 7.94. The van der Waals surface area contributed by atoms with E-state index in [0.717, 1.165) is 41.6 Å². The van der Waals surface area contributed by atoms with E-state index in [9.17, 15) is 20.3 Å². The first-order chi connectivity index (χ1) is 14.8. The lowest BCUT2D eigenvalue weighted by atomic mass is 9.49. The summed E-state index contributed by atoms with van der Waals surface area (Å²) in [6.45, 7) is 0.858. The zero-order chi connectivity index (χ0) is 21.5. The molecule has 0 spiro atoms. The summed E-state index contributed by atoms with van der Waals surface area (Å²) < 4.78 is 0. The van der Waals surface area contributed by atoms with Crippen molar-refractivity contribution in [2.45, 2.75) is 42.7 Å². The van der Waals surface area contributed by atoms with Crippen molar-refractivity contribution in [1.29, 1.82) is 0 Å². The van der Waals surface area contributed by atoms with Crippen LogP contribution in [-0.2, 0) is 24.7 Å². The zero-order valence-corrected chi connectivity index (χ0v) is 18.4. The van der Waals surface area contributed by atoms with E-state index in [1.165, 1.54) is 17.7 Å². The van der Waals surface area contributed by atoms with Crippen molar-refractivity contribution in [3.05, 3.63) is 75.0 Å². The predicted octanol–water partition coefficient (Wildman–Crippen LogP) is 3.30. The standard InChI is InChI=1S/C24H23N3O4.ClH/c1-26-7-6-23-13-21-16(8-15-2-4-17(27(30)31)10-20(15)25-21)12-24(23,29)22(26)9-14-3-5-18(28)11-19(14)23;/h2-5,8,10-11,22,28-29H,6-7,9,12-13H2,1H3;1H/t22-,23-,24-;/m1./s1. The van der Waals surface area contributed by atoms with Gasteiger partial charge in [0.1, 0.15) is 5.75 Å². The Morgan fingerprint density at radius 2 is 1.97 bits per heavy atom. The summed E-state index contributed by atoms with van der Waals surface area (Å²) in [5.74, 6) is 0.209. The van der Waals surface area contributed by atoms with Gasteiger partial charge in [0.05, 0.1) is 16.0 Å². The Labute approximate surface area is 191 Å². The van der Waals surface area contributed by atoms with Gasteiger partial charge in [-0.2, -0.15) is 0 Å². The largest absolute Gasteiger partial charge is 0.508 e. The Bertz CT molecular complexity index is 1280. The topological polar surface area (TPSA) is 99.7 Å². The van der Waals surface area contributed by atoms with Crippen LogP contribution < -0.4 is 0 Å². The smallest absolute Gasteiger partial charge is 0.271 e. The summed E-state index contributed by atoms with van der Waals surface area (Å²) in [6.07, 6.45) is 2.54. The molecule has 2 aliphatic carbocycles. The van der Waals surface area contributed by atoms with E-state index in [0.29, 0.717) is 18.4 Å². The molecule has 0 radical (unpaired) electrons. The van der Waals surface area contributed by atoms with Gasteiger partial charge in [0.25, 0.3) is 5.69 Å². The quantitative estimate of drug-likeness (QED) is 0.433. The van der Waals surface area contributed by atoms with E-state index in [4.69, 9.17) is 4.98 Å². The Hall–Kier alpha value is -2.74. The lowest BCUT2D eigenvalue weighted by Gasteiger charge is -2.63. The second-order valence-corrected chi connectivity index (χ2v) is 9.38. The molecule has 1 aliphatic heterocycles. The fraction of sp³-hybridized carbons (Fsp3) is 0.375. The van der Waals surface area contributed by atoms with Gasteiger partial charge < -0.3 is 15.1 Å². The molecule has 3 aromatic rings. The highest BCUT2D eigenvalue weighted by Crippen LogP contribution is 2.57. The minimum Gasteiger partial charge on any atom is -0.508 e. The summed E-state index contributed by atoms with van der Waals surface area (Å²) >= 11 is 0. The molecule has 2 aromatic carbocycles. The number of halogens is 1. The van der Waals surface area contributed by atoms with Crippen LogP contribution in [0.4, 0.5) is 5.69 Å². The number of hydrogen-bond donors (Lipinski definition) is 2. The van der Waals surface area contributed by atoms with E-state index in [1.54, 1.807) is 12.1 Å². The lowest BCUT2D eigenvalue weighted by Crippen LogP contribution is -2.73. The number of likely N-dealkylation sites (tertiary alicyclic amines) is 1. The monoisotopic (exact) mass is 453 g/mol. The molecule has 7 nitrogen and oxygen atoms in total. The number of phenolic OH excluding ortho intramolecular Hbond substituents is 1. The van der Waals surface area contributed by atoms with E-state index in [-0.39, 0.29) is 29.9 Å². The van der Waals surface area contributed by atoms with Crippen LogP contribution in [0.25, 0.3) is 10.9 Å². The molecule has 6 rings (SSSR count). The normalized spacial score (nSPS) is 28.2. The van der Waals surface area contributed by atoms with Gasteiger partial charge in [-0.1, -0.05) is 6.07 Å². The molecular formula is C24H24ClN3O4. The maximum absolute atomic E-state index is 12.3. The van der Waals surface area contributed by atoms with Crippen LogP contribution in [0.5, 0.6) is 5.75 Å². The molecule has 1 saturated heterocycles. The van der Waals surface area contributed by atoms with E-state index < -0.39 is 15.9 Å². The van der Waals surface area contributed by atoms with Crippen molar-refractivity contribution in [2.24, 2.45) is 0 Å². The minimum absolute atomic E-state index is 0. The van der Waals surface area contributed by atoms with Gasteiger partial charge >= 0.3 is 0 Å². The van der Waals surface area contributed by atoms with Crippen molar-refractivity contribution in [1.82, 2.24) is 9.88 Å². The average Bonchev–Trinajstić information content (AvgIpc) is 2.73. The third-order valence-corrected chi connectivity index (χ3v) is 7.94. The number of benzene rings is 2. The van der Waals surface area contributed by atoms with Crippen molar-refractivity contribution in [3.63, 3.8) is 0 Å². The second-order valence-electron chi connectivity index (χ2n) is 9.38. The fourth-order valence-electron chi connectivity index (χ4n) is 6.37. The lowest BCUT2D eigenvalue weighted by molar-refractivity contribution is -0.384. The molecule has 2 heterocycles. The van der Waals surface area contributed by atoms with Gasteiger partial charge in [0.15, 0.2) is 0 Å². The molecule has 0 unspecified atom stereocenters. The van der Waals surface area contributed by atoms with Crippen molar-refractivity contribution in [3.8, 4) is 5.75 Å². The molecule has 2 N–H and O–H groups in total. The predicted molar refractivity (Wildman–Crippen MR) is 123 cm³/mol. The molecule has 1 fully saturated rings. The molecular weight excluding hydrogens is 430 g/mol. The minimum atomic E-state index is -0.968. The Kier molecular flexibility index (Phi) is 4.54. The number of nitro groups is 1. The number of rotatable bonds is 1. The SMILES string of the molecule is CN1CC[C@]23Cc4nc5cc([N+](=O)[O-])ccc5cc4C[C@@]2(O)[C@H]1Cc1ccc(O)cc13.Cl. The Morgan fingerprint density at radius 3 is 2.75 bits per heavy atom. The molecule has 32 heavy (non-hydrogen) atoms. The van der Waals surface area contributed by atoms with E-state index in [1.807, 2.05) is 18.2 Å². The second kappa shape index (κ2) is 6.88. The number of nitro benzene ring substituents is 1. The molecule has 3 aliphatic rings. The number of aromatic nitrogens is 1. The Balaban J connectivity index is 0.00000216.